The topological polar surface area (TPSA) is 104 Å². The van der Waals surface area contributed by atoms with E-state index in [1.54, 1.807) is 4.90 Å². The van der Waals surface area contributed by atoms with Gasteiger partial charge in [0.2, 0.25) is 5.88 Å². The second-order valence-corrected chi connectivity index (χ2v) is 6.83. The van der Waals surface area contributed by atoms with Gasteiger partial charge in [0.1, 0.15) is 17.7 Å². The fourth-order valence-electron chi connectivity index (χ4n) is 3.37. The number of carboxylic acids is 1. The Morgan fingerprint density at radius 2 is 2.26 bits per heavy atom. The van der Waals surface area contributed by atoms with Crippen molar-refractivity contribution >= 4 is 11.9 Å². The Morgan fingerprint density at radius 1 is 1.44 bits per heavy atom. The molecule has 140 valence electrons. The van der Waals surface area contributed by atoms with Gasteiger partial charge in [0, 0.05) is 18.3 Å². The number of aromatic carboxylic acids is 1. The normalized spacial score (nSPS) is 21.9. The van der Waals surface area contributed by atoms with Crippen molar-refractivity contribution in [1.82, 2.24) is 9.88 Å². The Morgan fingerprint density at radius 3 is 2.96 bits per heavy atom. The highest BCUT2D eigenvalue weighted by Gasteiger charge is 2.29. The van der Waals surface area contributed by atoms with Gasteiger partial charge in [0.05, 0.1) is 12.1 Å². The van der Waals surface area contributed by atoms with Gasteiger partial charge in [0.15, 0.2) is 0 Å². The summed E-state index contributed by atoms with van der Waals surface area (Å²) >= 11 is 0. The summed E-state index contributed by atoms with van der Waals surface area (Å²) in [6.07, 6.45) is 9.20. The lowest BCUT2D eigenvalue weighted by Crippen LogP contribution is -2.45. The van der Waals surface area contributed by atoms with E-state index in [0.29, 0.717) is 31.0 Å². The molecule has 1 amide bonds. The van der Waals surface area contributed by atoms with Gasteiger partial charge in [0.25, 0.3) is 5.91 Å². The average molecular weight is 367 g/mol. The molecule has 2 aliphatic rings. The van der Waals surface area contributed by atoms with Crippen LogP contribution in [0.4, 0.5) is 0 Å². The summed E-state index contributed by atoms with van der Waals surface area (Å²) in [5.74, 6) is -1.04. The predicted octanol–water partition coefficient (Wildman–Crippen LogP) is 2.54. The van der Waals surface area contributed by atoms with Crippen LogP contribution in [0.15, 0.2) is 36.1 Å². The molecule has 0 bridgehead atoms. The number of nitriles is 1. The van der Waals surface area contributed by atoms with Crippen LogP contribution in [-0.4, -0.2) is 46.1 Å². The average Bonchev–Trinajstić information content (AvgIpc) is 2.67. The van der Waals surface area contributed by atoms with E-state index >= 15 is 0 Å². The number of hydrogen-bond acceptors (Lipinski definition) is 5. The van der Waals surface area contributed by atoms with Crippen LogP contribution >= 0.6 is 0 Å². The largest absolute Gasteiger partial charge is 0.477 e. The molecule has 7 nitrogen and oxygen atoms in total. The standard InChI is InChI=1S/C20H21N3O4/c1-13-4-2-5-14(10-13)19(24)23-9-3-6-16(12-23)27-18-17(20(25)26)15(11-21)7-8-22-18/h2,5,7-8,10,13,16H,3-4,6,9,12H2,1H3,(H,25,26)/t13?,16-/m1/s1. The molecular formula is C20H21N3O4. The molecule has 0 radical (unpaired) electrons. The van der Waals surface area contributed by atoms with Gasteiger partial charge in [-0.2, -0.15) is 5.26 Å². The molecule has 0 spiro atoms. The maximum Gasteiger partial charge on any atom is 0.342 e. The van der Waals surface area contributed by atoms with Gasteiger partial charge in [-0.25, -0.2) is 9.78 Å². The van der Waals surface area contributed by atoms with Crippen LogP contribution in [0.1, 0.15) is 42.1 Å². The third kappa shape index (κ3) is 4.17. The van der Waals surface area contributed by atoms with Crippen molar-refractivity contribution in [2.45, 2.75) is 32.3 Å². The molecule has 0 saturated carbocycles. The molecule has 2 atom stereocenters. The molecule has 2 heterocycles. The second kappa shape index (κ2) is 8.04. The van der Waals surface area contributed by atoms with E-state index in [4.69, 9.17) is 10.00 Å². The van der Waals surface area contributed by atoms with Crippen molar-refractivity contribution < 1.29 is 19.4 Å². The van der Waals surface area contributed by atoms with Crippen LogP contribution in [0.2, 0.25) is 0 Å². The number of carbonyl (C=O) groups excluding carboxylic acids is 1. The maximum absolute atomic E-state index is 12.8. The number of piperidine rings is 1. The first kappa shape index (κ1) is 18.6. The summed E-state index contributed by atoms with van der Waals surface area (Å²) in [5.41, 5.74) is 0.447. The quantitative estimate of drug-likeness (QED) is 0.877. The van der Waals surface area contributed by atoms with Gasteiger partial charge in [-0.15, -0.1) is 0 Å². The number of hydrogen-bond donors (Lipinski definition) is 1. The van der Waals surface area contributed by atoms with Gasteiger partial charge in [-0.05, 0) is 31.2 Å². The molecule has 1 aromatic rings. The van der Waals surface area contributed by atoms with Crippen molar-refractivity contribution in [3.8, 4) is 11.9 Å². The van der Waals surface area contributed by atoms with E-state index in [9.17, 15) is 14.7 Å². The molecule has 0 aromatic carbocycles. The number of allylic oxidation sites excluding steroid dienone is 2. The van der Waals surface area contributed by atoms with Crippen LogP contribution in [0.3, 0.4) is 0 Å². The number of carboxylic acid groups (broad SMARTS) is 1. The van der Waals surface area contributed by atoms with Gasteiger partial charge < -0.3 is 14.7 Å². The van der Waals surface area contributed by atoms with Crippen molar-refractivity contribution in [3.63, 3.8) is 0 Å². The van der Waals surface area contributed by atoms with E-state index in [1.165, 1.54) is 12.3 Å². The molecular weight excluding hydrogens is 346 g/mol. The Bertz CT molecular complexity index is 853. The molecule has 1 fully saturated rings. The Balaban J connectivity index is 1.75. The molecule has 1 aliphatic heterocycles. The van der Waals surface area contributed by atoms with Crippen molar-refractivity contribution in [2.75, 3.05) is 13.1 Å². The number of ether oxygens (including phenoxy) is 1. The molecule has 1 aliphatic carbocycles. The van der Waals surface area contributed by atoms with E-state index in [0.717, 1.165) is 12.8 Å². The summed E-state index contributed by atoms with van der Waals surface area (Å²) in [7, 11) is 0. The summed E-state index contributed by atoms with van der Waals surface area (Å²) in [6, 6.07) is 3.19. The van der Waals surface area contributed by atoms with Crippen molar-refractivity contribution in [2.24, 2.45) is 5.92 Å². The molecule has 1 unspecified atom stereocenters. The zero-order chi connectivity index (χ0) is 19.4. The first-order valence-corrected chi connectivity index (χ1v) is 8.96. The minimum atomic E-state index is -1.26. The van der Waals surface area contributed by atoms with Crippen LogP contribution in [-0.2, 0) is 4.79 Å². The van der Waals surface area contributed by atoms with Gasteiger partial charge >= 0.3 is 5.97 Å². The van der Waals surface area contributed by atoms with Crippen molar-refractivity contribution in [3.05, 3.63) is 47.2 Å². The molecule has 1 N–H and O–H groups in total. The minimum Gasteiger partial charge on any atom is -0.477 e. The van der Waals surface area contributed by atoms with E-state index in [2.05, 4.69) is 11.9 Å². The highest BCUT2D eigenvalue weighted by Crippen LogP contribution is 2.25. The number of nitrogens with zero attached hydrogens (tertiary/aromatic N) is 3. The maximum atomic E-state index is 12.8. The van der Waals surface area contributed by atoms with Crippen LogP contribution in [0.25, 0.3) is 0 Å². The van der Waals surface area contributed by atoms with E-state index in [-0.39, 0.29) is 29.0 Å². The molecule has 3 rings (SSSR count). The number of likely N-dealkylation sites (tertiary alicyclic amines) is 1. The SMILES string of the molecule is CC1C=C(C(=O)N2CCC[C@@H](Oc3nccc(C#N)c3C(=O)O)C2)C=CC1. The predicted molar refractivity (Wildman–Crippen MR) is 97.1 cm³/mol. The summed E-state index contributed by atoms with van der Waals surface area (Å²) in [5, 5.41) is 18.5. The third-order valence-corrected chi connectivity index (χ3v) is 4.71. The number of pyridine rings is 1. The Hall–Kier alpha value is -3.14. The number of aromatic nitrogens is 1. The van der Waals surface area contributed by atoms with Crippen LogP contribution in [0.5, 0.6) is 5.88 Å². The van der Waals surface area contributed by atoms with Crippen LogP contribution in [0, 0.1) is 17.2 Å². The smallest absolute Gasteiger partial charge is 0.342 e. The number of carbonyl (C=O) groups is 2. The lowest BCUT2D eigenvalue weighted by atomic mass is 9.96. The van der Waals surface area contributed by atoms with Gasteiger partial charge in [-0.1, -0.05) is 25.2 Å². The fraction of sp³-hybridized carbons (Fsp3) is 0.400. The Labute approximate surface area is 157 Å². The molecule has 27 heavy (non-hydrogen) atoms. The lowest BCUT2D eigenvalue weighted by molar-refractivity contribution is -0.129. The van der Waals surface area contributed by atoms with Crippen LogP contribution < -0.4 is 4.74 Å². The highest BCUT2D eigenvalue weighted by molar-refractivity contribution is 5.96. The zero-order valence-corrected chi connectivity index (χ0v) is 15.1. The van der Waals surface area contributed by atoms with E-state index < -0.39 is 5.97 Å². The van der Waals surface area contributed by atoms with E-state index in [1.807, 2.05) is 24.3 Å². The lowest BCUT2D eigenvalue weighted by Gasteiger charge is -2.33. The number of amides is 1. The summed E-state index contributed by atoms with van der Waals surface area (Å²) < 4.78 is 5.80. The highest BCUT2D eigenvalue weighted by atomic mass is 16.5. The first-order valence-electron chi connectivity index (χ1n) is 8.96. The Kier molecular flexibility index (Phi) is 5.55. The van der Waals surface area contributed by atoms with Crippen molar-refractivity contribution in [1.29, 1.82) is 5.26 Å². The molecule has 1 aromatic heterocycles. The first-order chi connectivity index (χ1) is 13.0. The van der Waals surface area contributed by atoms with Gasteiger partial charge in [-0.3, -0.25) is 4.79 Å². The minimum absolute atomic E-state index is 0.00253. The fourth-order valence-corrected chi connectivity index (χ4v) is 3.37. The molecule has 1 saturated heterocycles. The molecule has 7 heteroatoms. The summed E-state index contributed by atoms with van der Waals surface area (Å²) in [6.45, 7) is 3.06. The second-order valence-electron chi connectivity index (χ2n) is 6.83. The third-order valence-electron chi connectivity index (χ3n) is 4.71. The number of rotatable bonds is 4. The summed E-state index contributed by atoms with van der Waals surface area (Å²) in [4.78, 5) is 30.0. The monoisotopic (exact) mass is 367 g/mol. The zero-order valence-electron chi connectivity index (χ0n) is 15.1.